The molecule has 0 spiro atoms. The van der Waals surface area contributed by atoms with Gasteiger partial charge in [-0.15, -0.1) is 0 Å². The number of aliphatic imine (C=N–C) groups is 1. The SMILES string of the molecule is COC(=O)c1ccc(Nc2ncc3c(n2)-c2ccc(Cl)cc2C(c2ccccc2F)=NC3)cc1Cl. The van der Waals surface area contributed by atoms with Gasteiger partial charge in [0.05, 0.1) is 35.6 Å². The number of halogens is 3. The van der Waals surface area contributed by atoms with E-state index >= 15 is 0 Å². The molecule has 1 N–H and O–H groups in total. The maximum Gasteiger partial charge on any atom is 0.339 e. The van der Waals surface area contributed by atoms with Gasteiger partial charge in [0.1, 0.15) is 5.82 Å². The predicted octanol–water partition coefficient (Wildman–Crippen LogP) is 6.47. The van der Waals surface area contributed by atoms with E-state index in [-0.39, 0.29) is 22.9 Å². The number of carbonyl (C=O) groups excluding carboxylic acids is 1. The summed E-state index contributed by atoms with van der Waals surface area (Å²) in [5.74, 6) is -0.575. The second-order valence-electron chi connectivity index (χ2n) is 7.71. The van der Waals surface area contributed by atoms with E-state index in [0.717, 1.165) is 11.1 Å². The van der Waals surface area contributed by atoms with Gasteiger partial charge in [-0.2, -0.15) is 0 Å². The zero-order valence-electron chi connectivity index (χ0n) is 18.3. The molecule has 5 rings (SSSR count). The van der Waals surface area contributed by atoms with E-state index in [0.29, 0.717) is 39.2 Å². The Morgan fingerprint density at radius 2 is 1.86 bits per heavy atom. The fourth-order valence-electron chi connectivity index (χ4n) is 3.87. The summed E-state index contributed by atoms with van der Waals surface area (Å²) in [5.41, 5.74) is 4.60. The van der Waals surface area contributed by atoms with E-state index in [2.05, 4.69) is 10.3 Å². The summed E-state index contributed by atoms with van der Waals surface area (Å²) in [4.78, 5) is 25.6. The Labute approximate surface area is 210 Å². The molecule has 0 saturated carbocycles. The molecule has 0 amide bonds. The number of benzene rings is 3. The van der Waals surface area contributed by atoms with Crippen LogP contribution in [-0.4, -0.2) is 28.8 Å². The Bertz CT molecular complexity index is 1510. The third-order valence-electron chi connectivity index (χ3n) is 5.52. The number of carbonyl (C=O) groups is 1. The molecule has 0 fully saturated rings. The predicted molar refractivity (Wildman–Crippen MR) is 134 cm³/mol. The number of rotatable bonds is 4. The minimum absolute atomic E-state index is 0.236. The van der Waals surface area contributed by atoms with Gasteiger partial charge >= 0.3 is 5.97 Å². The van der Waals surface area contributed by atoms with Crippen LogP contribution in [0.15, 0.2) is 71.9 Å². The lowest BCUT2D eigenvalue weighted by Crippen LogP contribution is -2.07. The van der Waals surface area contributed by atoms with Crippen molar-refractivity contribution in [1.29, 1.82) is 0 Å². The number of hydrogen-bond acceptors (Lipinski definition) is 6. The van der Waals surface area contributed by atoms with Gasteiger partial charge in [0.2, 0.25) is 5.95 Å². The van der Waals surface area contributed by atoms with Crippen molar-refractivity contribution in [2.75, 3.05) is 12.4 Å². The molecular formula is C26H17Cl2FN4O2. The number of hydrogen-bond donors (Lipinski definition) is 1. The Hall–Kier alpha value is -3.81. The standard InChI is InChI=1S/C26H17Cl2FN4O2/c1-35-25(34)18-9-7-16(11-21(18)28)32-26-31-13-14-12-30-24(19-4-2-3-5-22(19)29)20-10-15(27)6-8-17(20)23(14)33-26/h2-11,13H,12H2,1H3,(H,31,32,33). The molecule has 0 aliphatic carbocycles. The van der Waals surface area contributed by atoms with E-state index in [1.807, 2.05) is 6.07 Å². The Morgan fingerprint density at radius 1 is 1.03 bits per heavy atom. The van der Waals surface area contributed by atoms with Crippen LogP contribution in [0.3, 0.4) is 0 Å². The van der Waals surface area contributed by atoms with Crippen molar-refractivity contribution in [3.8, 4) is 11.3 Å². The first-order valence-electron chi connectivity index (χ1n) is 10.5. The van der Waals surface area contributed by atoms with E-state index in [4.69, 9.17) is 37.9 Å². The molecule has 3 aromatic carbocycles. The third-order valence-corrected chi connectivity index (χ3v) is 6.07. The summed E-state index contributed by atoms with van der Waals surface area (Å²) in [5, 5.41) is 3.85. The first-order valence-corrected chi connectivity index (χ1v) is 11.3. The fraction of sp³-hybridized carbons (Fsp3) is 0.0769. The maximum atomic E-state index is 14.7. The Balaban J connectivity index is 1.56. The number of anilines is 2. The largest absolute Gasteiger partial charge is 0.465 e. The lowest BCUT2D eigenvalue weighted by atomic mass is 9.95. The average Bonchev–Trinajstić information content (AvgIpc) is 3.00. The number of fused-ring (bicyclic) bond motifs is 3. The highest BCUT2D eigenvalue weighted by Crippen LogP contribution is 2.34. The highest BCUT2D eigenvalue weighted by Gasteiger charge is 2.23. The molecule has 0 atom stereocenters. The monoisotopic (exact) mass is 506 g/mol. The summed E-state index contributed by atoms with van der Waals surface area (Å²) in [6, 6.07) is 16.7. The summed E-state index contributed by atoms with van der Waals surface area (Å²) in [6.07, 6.45) is 1.68. The number of ether oxygens (including phenoxy) is 1. The third kappa shape index (κ3) is 4.48. The van der Waals surface area contributed by atoms with Gasteiger partial charge < -0.3 is 10.1 Å². The Morgan fingerprint density at radius 3 is 2.63 bits per heavy atom. The van der Waals surface area contributed by atoms with Crippen molar-refractivity contribution in [2.24, 2.45) is 4.99 Å². The molecule has 6 nitrogen and oxygen atoms in total. The van der Waals surface area contributed by atoms with Crippen LogP contribution in [0, 0.1) is 5.82 Å². The molecule has 0 unspecified atom stereocenters. The highest BCUT2D eigenvalue weighted by molar-refractivity contribution is 6.34. The van der Waals surface area contributed by atoms with Crippen molar-refractivity contribution in [1.82, 2.24) is 9.97 Å². The number of esters is 1. The van der Waals surface area contributed by atoms with E-state index < -0.39 is 5.97 Å². The van der Waals surface area contributed by atoms with Crippen LogP contribution in [0.4, 0.5) is 16.0 Å². The second-order valence-corrected chi connectivity index (χ2v) is 8.56. The quantitative estimate of drug-likeness (QED) is 0.321. The molecule has 1 aliphatic rings. The summed E-state index contributed by atoms with van der Waals surface area (Å²) in [7, 11) is 1.29. The highest BCUT2D eigenvalue weighted by atomic mass is 35.5. The second kappa shape index (κ2) is 9.44. The van der Waals surface area contributed by atoms with Crippen LogP contribution >= 0.6 is 23.2 Å². The number of nitrogens with one attached hydrogen (secondary N) is 1. The summed E-state index contributed by atoms with van der Waals surface area (Å²) < 4.78 is 19.4. The molecule has 0 radical (unpaired) electrons. The van der Waals surface area contributed by atoms with Crippen molar-refractivity contribution in [3.05, 3.63) is 105 Å². The topological polar surface area (TPSA) is 76.5 Å². The first kappa shape index (κ1) is 23.0. The number of aromatic nitrogens is 2. The molecule has 0 bridgehead atoms. The van der Waals surface area contributed by atoms with Gasteiger partial charge in [-0.1, -0.05) is 41.4 Å². The summed E-state index contributed by atoms with van der Waals surface area (Å²) in [6.45, 7) is 0.269. The molecule has 1 aromatic heterocycles. The van der Waals surface area contributed by atoms with E-state index in [1.165, 1.54) is 13.2 Å². The average molecular weight is 507 g/mol. The van der Waals surface area contributed by atoms with Gasteiger partial charge in [-0.25, -0.2) is 19.2 Å². The lowest BCUT2D eigenvalue weighted by Gasteiger charge is -2.13. The zero-order chi connectivity index (χ0) is 24.5. The van der Waals surface area contributed by atoms with Crippen molar-refractivity contribution in [3.63, 3.8) is 0 Å². The van der Waals surface area contributed by atoms with Crippen LogP contribution in [0.1, 0.15) is 27.0 Å². The minimum atomic E-state index is -0.524. The van der Waals surface area contributed by atoms with Crippen molar-refractivity contribution >= 4 is 46.5 Å². The molecule has 1 aliphatic heterocycles. The van der Waals surface area contributed by atoms with E-state index in [9.17, 15) is 9.18 Å². The van der Waals surface area contributed by atoms with Gasteiger partial charge in [-0.05, 0) is 42.5 Å². The molecule has 0 saturated heterocycles. The molecular weight excluding hydrogens is 490 g/mol. The Kier molecular flexibility index (Phi) is 6.19. The van der Waals surface area contributed by atoms with Gasteiger partial charge in [0, 0.05) is 39.2 Å². The minimum Gasteiger partial charge on any atom is -0.465 e. The van der Waals surface area contributed by atoms with Crippen molar-refractivity contribution in [2.45, 2.75) is 6.54 Å². The molecule has 4 aromatic rings. The molecule has 174 valence electrons. The summed E-state index contributed by atoms with van der Waals surface area (Å²) >= 11 is 12.5. The number of nitrogens with zero attached hydrogens (tertiary/aromatic N) is 3. The van der Waals surface area contributed by atoms with Crippen LogP contribution < -0.4 is 5.32 Å². The van der Waals surface area contributed by atoms with E-state index in [1.54, 1.807) is 54.7 Å². The van der Waals surface area contributed by atoms with Crippen LogP contribution in [0.2, 0.25) is 10.0 Å². The van der Waals surface area contributed by atoms with Gasteiger partial charge in [-0.3, -0.25) is 4.99 Å². The van der Waals surface area contributed by atoms with Crippen LogP contribution in [0.5, 0.6) is 0 Å². The van der Waals surface area contributed by atoms with Crippen LogP contribution in [-0.2, 0) is 11.3 Å². The van der Waals surface area contributed by atoms with Crippen LogP contribution in [0.25, 0.3) is 11.3 Å². The van der Waals surface area contributed by atoms with Gasteiger partial charge in [0.25, 0.3) is 0 Å². The zero-order valence-corrected chi connectivity index (χ0v) is 19.9. The maximum absolute atomic E-state index is 14.7. The number of methoxy groups -OCH3 is 1. The smallest absolute Gasteiger partial charge is 0.339 e. The lowest BCUT2D eigenvalue weighted by molar-refractivity contribution is 0.0601. The van der Waals surface area contributed by atoms with Gasteiger partial charge in [0.15, 0.2) is 0 Å². The van der Waals surface area contributed by atoms with Crippen molar-refractivity contribution < 1.29 is 13.9 Å². The normalized spacial score (nSPS) is 12.2. The first-order chi connectivity index (χ1) is 16.9. The fourth-order valence-corrected chi connectivity index (χ4v) is 4.29. The molecule has 2 heterocycles. The molecule has 35 heavy (non-hydrogen) atoms. The molecule has 9 heteroatoms.